The molecule has 0 aliphatic carbocycles. The number of nitrogens with one attached hydrogen (secondary N) is 1. The minimum Gasteiger partial charge on any atom is -0.382 e. The number of aliphatic hydroxyl groups is 1. The summed E-state index contributed by atoms with van der Waals surface area (Å²) in [5, 5.41) is 16.6. The third kappa shape index (κ3) is 6.51. The van der Waals surface area contributed by atoms with Crippen LogP contribution in [0.15, 0.2) is 61.1 Å². The number of fused-ring (bicyclic) bond motifs is 1. The van der Waals surface area contributed by atoms with Crippen LogP contribution in [0.25, 0.3) is 28.3 Å². The van der Waals surface area contributed by atoms with Gasteiger partial charge in [-0.05, 0) is 49.2 Å². The van der Waals surface area contributed by atoms with Gasteiger partial charge in [-0.1, -0.05) is 0 Å². The van der Waals surface area contributed by atoms with Gasteiger partial charge in [0.05, 0.1) is 23.9 Å². The van der Waals surface area contributed by atoms with Crippen LogP contribution in [0.4, 0.5) is 32.2 Å². The average Bonchev–Trinajstić information content (AvgIpc) is 3.60. The Kier molecular flexibility index (Phi) is 8.01. The van der Waals surface area contributed by atoms with Crippen molar-refractivity contribution in [3.63, 3.8) is 0 Å². The van der Waals surface area contributed by atoms with Crippen LogP contribution in [0.1, 0.15) is 29.2 Å². The molecule has 1 aliphatic heterocycles. The molecule has 5 heterocycles. The number of imidazole rings is 2. The Morgan fingerprint density at radius 2 is 1.69 bits per heavy atom. The predicted molar refractivity (Wildman–Crippen MR) is 148 cm³/mol. The first-order chi connectivity index (χ1) is 21.4. The van der Waals surface area contributed by atoms with Crippen LogP contribution in [0.2, 0.25) is 0 Å². The number of hydrogen-bond acceptors (Lipinski definition) is 7. The molecule has 1 aliphatic rings. The van der Waals surface area contributed by atoms with E-state index in [1.54, 1.807) is 35.5 Å². The van der Waals surface area contributed by atoms with E-state index in [1.165, 1.54) is 22.8 Å². The van der Waals surface area contributed by atoms with Crippen molar-refractivity contribution in [3.8, 4) is 22.6 Å². The topological polar surface area (TPSA) is 113 Å². The van der Waals surface area contributed by atoms with Gasteiger partial charge >= 0.3 is 6.18 Å². The SMILES string of the molecule is O=C(Nc1cn2nc(-c3c(-c4ccc(F)cc4)ncn3C3CCN(CC(O)C(F)(F)F)CC3)ccc2n1)c1cc(F)nc(F)c1. The lowest BCUT2D eigenvalue weighted by Gasteiger charge is -2.34. The standard InChI is InChI=1S/C29H24F6N8O2/c30-18-3-1-16(2-4-18)26-27(42(15-36-26)19-7-9-41(10-8-19)13-21(44)29(33,34)35)20-5-6-25-38-24(14-43(25)40-20)39-28(45)17-11-22(31)37-23(32)12-17/h1-6,11-12,14-15,19,21,44H,7-10,13H2,(H,39,45). The summed E-state index contributed by atoms with van der Waals surface area (Å²) in [4.78, 5) is 26.0. The molecule has 234 valence electrons. The minimum atomic E-state index is -4.70. The Labute approximate surface area is 251 Å². The van der Waals surface area contributed by atoms with Crippen molar-refractivity contribution in [2.24, 2.45) is 0 Å². The van der Waals surface area contributed by atoms with Crippen molar-refractivity contribution in [3.05, 3.63) is 84.3 Å². The van der Waals surface area contributed by atoms with Crippen LogP contribution < -0.4 is 5.32 Å². The van der Waals surface area contributed by atoms with Gasteiger partial charge < -0.3 is 19.9 Å². The van der Waals surface area contributed by atoms with Crippen LogP contribution in [-0.2, 0) is 0 Å². The first kappa shape index (κ1) is 30.2. The van der Waals surface area contributed by atoms with Gasteiger partial charge in [0.25, 0.3) is 5.91 Å². The van der Waals surface area contributed by atoms with Crippen molar-refractivity contribution in [2.75, 3.05) is 25.0 Å². The molecular formula is C29H24F6N8O2. The van der Waals surface area contributed by atoms with Crippen LogP contribution in [0.5, 0.6) is 0 Å². The molecule has 1 saturated heterocycles. The summed E-state index contributed by atoms with van der Waals surface area (Å²) in [5.41, 5.74) is 2.15. The van der Waals surface area contributed by atoms with Gasteiger partial charge in [0.2, 0.25) is 11.9 Å². The van der Waals surface area contributed by atoms with E-state index >= 15 is 0 Å². The first-order valence-electron chi connectivity index (χ1n) is 13.8. The predicted octanol–water partition coefficient (Wildman–Crippen LogP) is 4.88. The van der Waals surface area contributed by atoms with E-state index in [1.807, 2.05) is 4.57 Å². The maximum absolute atomic E-state index is 13.7. The van der Waals surface area contributed by atoms with Gasteiger partial charge in [0, 0.05) is 48.9 Å². The number of anilines is 1. The molecule has 1 fully saturated rings. The van der Waals surface area contributed by atoms with Gasteiger partial charge in [-0.15, -0.1) is 0 Å². The maximum Gasteiger partial charge on any atom is 0.415 e. The number of carbonyl (C=O) groups excluding carboxylic acids is 1. The molecule has 1 atom stereocenters. The van der Waals surface area contributed by atoms with Crippen LogP contribution >= 0.6 is 0 Å². The second-order valence-corrected chi connectivity index (χ2v) is 10.5. The molecule has 1 aromatic carbocycles. The van der Waals surface area contributed by atoms with Gasteiger partial charge in [0.15, 0.2) is 17.6 Å². The van der Waals surface area contributed by atoms with Crippen LogP contribution in [0, 0.1) is 17.7 Å². The molecule has 16 heteroatoms. The van der Waals surface area contributed by atoms with E-state index in [4.69, 9.17) is 0 Å². The van der Waals surface area contributed by atoms with Crippen molar-refractivity contribution in [1.82, 2.24) is 34.0 Å². The molecule has 2 N–H and O–H groups in total. The number of carbonyl (C=O) groups is 1. The largest absolute Gasteiger partial charge is 0.415 e. The number of pyridine rings is 1. The first-order valence-corrected chi connectivity index (χ1v) is 13.8. The lowest BCUT2D eigenvalue weighted by molar-refractivity contribution is -0.208. The lowest BCUT2D eigenvalue weighted by atomic mass is 10.0. The molecule has 1 amide bonds. The van der Waals surface area contributed by atoms with E-state index in [0.717, 1.165) is 12.1 Å². The van der Waals surface area contributed by atoms with E-state index in [0.29, 0.717) is 54.2 Å². The zero-order valence-electron chi connectivity index (χ0n) is 23.2. The van der Waals surface area contributed by atoms with Gasteiger partial charge in [-0.2, -0.15) is 32.0 Å². The highest BCUT2D eigenvalue weighted by molar-refractivity contribution is 6.03. The fraction of sp³-hybridized carbons (Fsp3) is 0.276. The summed E-state index contributed by atoms with van der Waals surface area (Å²) in [6.45, 7) is 0.101. The van der Waals surface area contributed by atoms with Crippen molar-refractivity contribution in [2.45, 2.75) is 31.2 Å². The maximum atomic E-state index is 13.7. The van der Waals surface area contributed by atoms with E-state index in [9.17, 15) is 36.2 Å². The highest BCUT2D eigenvalue weighted by atomic mass is 19.4. The summed E-state index contributed by atoms with van der Waals surface area (Å²) in [6.07, 6.45) is -3.18. The number of halogens is 6. The van der Waals surface area contributed by atoms with Crippen molar-refractivity contribution < 1.29 is 36.2 Å². The number of hydrogen-bond donors (Lipinski definition) is 2. The van der Waals surface area contributed by atoms with Crippen molar-refractivity contribution >= 4 is 17.4 Å². The summed E-state index contributed by atoms with van der Waals surface area (Å²) in [6, 6.07) is 10.4. The molecule has 1 unspecified atom stereocenters. The molecule has 0 spiro atoms. The number of β-amino-alcohol motifs (C(OH)–C–C–N with tert-alkyl or cyclic N) is 1. The number of aromatic nitrogens is 6. The second-order valence-electron chi connectivity index (χ2n) is 10.5. The zero-order chi connectivity index (χ0) is 31.9. The van der Waals surface area contributed by atoms with Gasteiger partial charge in [-0.3, -0.25) is 4.79 Å². The normalized spacial score (nSPS) is 15.4. The Morgan fingerprint density at radius 1 is 1.00 bits per heavy atom. The smallest absolute Gasteiger partial charge is 0.382 e. The van der Waals surface area contributed by atoms with E-state index < -0.39 is 42.4 Å². The summed E-state index contributed by atoms with van der Waals surface area (Å²) < 4.78 is 82.6. The number of piperidine rings is 1. The Balaban J connectivity index is 1.30. The van der Waals surface area contributed by atoms with Gasteiger partial charge in [-0.25, -0.2) is 18.9 Å². The number of likely N-dealkylation sites (tertiary alicyclic amines) is 1. The minimum absolute atomic E-state index is 0.0583. The van der Waals surface area contributed by atoms with Crippen molar-refractivity contribution in [1.29, 1.82) is 0 Å². The van der Waals surface area contributed by atoms with Crippen LogP contribution in [-0.4, -0.2) is 77.0 Å². The number of benzene rings is 1. The highest BCUT2D eigenvalue weighted by Gasteiger charge is 2.39. The third-order valence-electron chi connectivity index (χ3n) is 7.50. The number of aliphatic hydroxyl groups excluding tert-OH is 1. The Bertz CT molecular complexity index is 1830. The lowest BCUT2D eigenvalue weighted by Crippen LogP contribution is -2.44. The highest BCUT2D eigenvalue weighted by Crippen LogP contribution is 2.36. The fourth-order valence-electron chi connectivity index (χ4n) is 5.29. The molecule has 0 bridgehead atoms. The number of alkyl halides is 3. The Hall–Kier alpha value is -4.83. The summed E-state index contributed by atoms with van der Waals surface area (Å²) in [7, 11) is 0. The molecular weight excluding hydrogens is 606 g/mol. The second kappa shape index (κ2) is 11.9. The van der Waals surface area contributed by atoms with E-state index in [-0.39, 0.29) is 17.4 Å². The summed E-state index contributed by atoms with van der Waals surface area (Å²) >= 11 is 0. The fourth-order valence-corrected chi connectivity index (χ4v) is 5.29. The monoisotopic (exact) mass is 630 g/mol. The quantitative estimate of drug-likeness (QED) is 0.195. The molecule has 45 heavy (non-hydrogen) atoms. The zero-order valence-corrected chi connectivity index (χ0v) is 23.2. The van der Waals surface area contributed by atoms with Gasteiger partial charge in [0.1, 0.15) is 11.5 Å². The number of amides is 1. The molecule has 10 nitrogen and oxygen atoms in total. The molecule has 0 radical (unpaired) electrons. The van der Waals surface area contributed by atoms with Crippen LogP contribution in [0.3, 0.4) is 0 Å². The Morgan fingerprint density at radius 3 is 2.36 bits per heavy atom. The number of nitrogens with zero attached hydrogens (tertiary/aromatic N) is 7. The third-order valence-corrected chi connectivity index (χ3v) is 7.50. The molecule has 5 aromatic rings. The number of rotatable bonds is 7. The average molecular weight is 631 g/mol. The van der Waals surface area contributed by atoms with E-state index in [2.05, 4.69) is 25.4 Å². The molecule has 0 saturated carbocycles. The molecule has 4 aromatic heterocycles. The summed E-state index contributed by atoms with van der Waals surface area (Å²) in [5.74, 6) is -3.50. The molecule has 6 rings (SSSR count).